The van der Waals surface area contributed by atoms with E-state index in [1.165, 1.54) is 63.5 Å². The van der Waals surface area contributed by atoms with Crippen LogP contribution in [0.15, 0.2) is 0 Å². The molecule has 0 aliphatic rings. The van der Waals surface area contributed by atoms with Crippen LogP contribution in [0.4, 0.5) is 0 Å². The predicted molar refractivity (Wildman–Crippen MR) is 74.1 cm³/mol. The number of rotatable bonds is 11. The Morgan fingerprint density at radius 1 is 0.600 bits per heavy atom. The second kappa shape index (κ2) is 12.3. The van der Waals surface area contributed by atoms with E-state index < -0.39 is 0 Å². The van der Waals surface area contributed by atoms with Gasteiger partial charge >= 0.3 is 0 Å². The van der Waals surface area contributed by atoms with Gasteiger partial charge in [0.2, 0.25) is 0 Å². The molecule has 0 aliphatic heterocycles. The molecule has 0 amide bonds. The summed E-state index contributed by atoms with van der Waals surface area (Å²) in [6, 6.07) is 4.54. The molecular weight excluding hydrogens is 196 g/mol. The number of unbranched alkanes of at least 4 members (excludes halogenated alkanes) is 7. The van der Waals surface area contributed by atoms with Gasteiger partial charge in [0.15, 0.2) is 0 Å². The monoisotopic (exact) mass is 227 g/mol. The van der Waals surface area contributed by atoms with Crippen LogP contribution in [0, 0.1) is 0 Å². The van der Waals surface area contributed by atoms with Crippen molar-refractivity contribution in [2.24, 2.45) is 0 Å². The van der Waals surface area contributed by atoms with Crippen LogP contribution in [-0.4, -0.2) is 8.80 Å². The third kappa shape index (κ3) is 10.5. The molecule has 0 aromatic carbocycles. The molecule has 1 heteroatoms. The smallest absolute Gasteiger partial charge is 0.0473 e. The molecule has 0 saturated heterocycles. The van der Waals surface area contributed by atoms with Crippen LogP contribution >= 0.6 is 0 Å². The Labute approximate surface area is 99.5 Å². The average molecular weight is 227 g/mol. The fourth-order valence-corrected chi connectivity index (χ4v) is 4.07. The summed E-state index contributed by atoms with van der Waals surface area (Å²) in [6.07, 6.45) is 11.8. The van der Waals surface area contributed by atoms with Gasteiger partial charge in [-0.15, -0.1) is 0 Å². The Morgan fingerprint density at radius 2 is 1.07 bits per heavy atom. The summed E-state index contributed by atoms with van der Waals surface area (Å²) in [6.45, 7) is 7.05. The summed E-state index contributed by atoms with van der Waals surface area (Å²) in [5.41, 5.74) is 0. The molecule has 0 aliphatic carbocycles. The van der Waals surface area contributed by atoms with E-state index in [0.29, 0.717) is 0 Å². The van der Waals surface area contributed by atoms with Crippen LogP contribution in [0.1, 0.15) is 72.1 Å². The van der Waals surface area contributed by atoms with Crippen molar-refractivity contribution in [3.63, 3.8) is 0 Å². The van der Waals surface area contributed by atoms with Crippen molar-refractivity contribution < 1.29 is 0 Å². The van der Waals surface area contributed by atoms with Crippen LogP contribution in [0.25, 0.3) is 0 Å². The van der Waals surface area contributed by atoms with Gasteiger partial charge in [-0.25, -0.2) is 0 Å². The summed E-state index contributed by atoms with van der Waals surface area (Å²) in [4.78, 5) is 0. The predicted octanol–water partition coefficient (Wildman–Crippen LogP) is 5.66. The van der Waals surface area contributed by atoms with E-state index in [1.54, 1.807) is 6.04 Å². The Balaban J connectivity index is 3.04. The molecule has 15 heavy (non-hydrogen) atoms. The van der Waals surface area contributed by atoms with Crippen molar-refractivity contribution in [2.45, 2.75) is 90.3 Å². The highest BCUT2D eigenvalue weighted by molar-refractivity contribution is 6.58. The van der Waals surface area contributed by atoms with Crippen LogP contribution in [0.2, 0.25) is 18.1 Å². The minimum absolute atomic E-state index is 0.0757. The zero-order valence-electron chi connectivity index (χ0n) is 11.3. The molecule has 1 radical (unpaired) electrons. The van der Waals surface area contributed by atoms with Crippen LogP contribution in [-0.2, 0) is 0 Å². The van der Waals surface area contributed by atoms with Gasteiger partial charge in [0.25, 0.3) is 0 Å². The summed E-state index contributed by atoms with van der Waals surface area (Å²) in [5.74, 6) is 0. The number of hydrogen-bond acceptors (Lipinski definition) is 0. The quantitative estimate of drug-likeness (QED) is 0.315. The summed E-state index contributed by atoms with van der Waals surface area (Å²) >= 11 is 0. The zero-order valence-corrected chi connectivity index (χ0v) is 12.3. The lowest BCUT2D eigenvalue weighted by molar-refractivity contribution is 0.584. The summed E-state index contributed by atoms with van der Waals surface area (Å²) < 4.78 is 0. The second-order valence-electron chi connectivity index (χ2n) is 4.68. The van der Waals surface area contributed by atoms with E-state index in [1.807, 2.05) is 0 Å². The molecule has 0 heterocycles. The van der Waals surface area contributed by atoms with E-state index in [-0.39, 0.29) is 8.80 Å². The van der Waals surface area contributed by atoms with Gasteiger partial charge in [-0.2, -0.15) is 0 Å². The molecule has 0 unspecified atom stereocenters. The molecule has 0 fully saturated rings. The maximum atomic E-state index is 2.38. The fraction of sp³-hybridized carbons (Fsp3) is 1.00. The number of hydrogen-bond donors (Lipinski definition) is 0. The van der Waals surface area contributed by atoms with Crippen molar-refractivity contribution in [2.75, 3.05) is 0 Å². The highest BCUT2D eigenvalue weighted by Crippen LogP contribution is 2.13. The summed E-state index contributed by atoms with van der Waals surface area (Å²) in [7, 11) is 0.0757. The molecule has 0 atom stereocenters. The van der Waals surface area contributed by atoms with Gasteiger partial charge in [-0.3, -0.25) is 0 Å². The normalized spacial score (nSPS) is 11.2. The first-order valence-corrected chi connectivity index (χ1v) is 9.30. The molecule has 0 aromatic rings. The first-order valence-electron chi connectivity index (χ1n) is 7.18. The molecule has 0 nitrogen and oxygen atoms in total. The highest BCUT2D eigenvalue weighted by atomic mass is 28.3. The van der Waals surface area contributed by atoms with Gasteiger partial charge in [-0.1, -0.05) is 90.3 Å². The average Bonchev–Trinajstić information content (AvgIpc) is 2.27. The van der Waals surface area contributed by atoms with Gasteiger partial charge in [0.05, 0.1) is 0 Å². The minimum atomic E-state index is 0.0757. The van der Waals surface area contributed by atoms with E-state index in [0.717, 1.165) is 0 Å². The maximum Gasteiger partial charge on any atom is 0.0473 e. The van der Waals surface area contributed by atoms with Crippen LogP contribution in [0.3, 0.4) is 0 Å². The van der Waals surface area contributed by atoms with E-state index in [2.05, 4.69) is 20.8 Å². The third-order valence-corrected chi connectivity index (χ3v) is 6.44. The Bertz CT molecular complexity index is 108. The topological polar surface area (TPSA) is 0 Å². The van der Waals surface area contributed by atoms with Crippen molar-refractivity contribution in [3.8, 4) is 0 Å². The largest absolute Gasteiger partial charge is 0.0680 e. The molecule has 0 saturated carbocycles. The Hall–Kier alpha value is 0.217. The molecular formula is C14H31Si. The minimum Gasteiger partial charge on any atom is -0.0680 e. The van der Waals surface area contributed by atoms with Gasteiger partial charge < -0.3 is 0 Å². The SMILES string of the molecule is CCCCCCCCCC[Si](CC)CC. The third-order valence-electron chi connectivity index (χ3n) is 3.38. The lowest BCUT2D eigenvalue weighted by Gasteiger charge is -2.09. The van der Waals surface area contributed by atoms with Gasteiger partial charge in [0, 0.05) is 8.80 Å². The maximum absolute atomic E-state index is 2.38. The zero-order chi connectivity index (χ0) is 11.4. The van der Waals surface area contributed by atoms with E-state index in [9.17, 15) is 0 Å². The molecule has 0 bridgehead atoms. The van der Waals surface area contributed by atoms with Gasteiger partial charge in [0.1, 0.15) is 0 Å². The standard InChI is InChI=1S/C14H31Si/c1-4-7-8-9-10-11-12-13-14-15(5-2)6-3/h4-14H2,1-3H3. The molecule has 0 rings (SSSR count). The van der Waals surface area contributed by atoms with Crippen molar-refractivity contribution in [3.05, 3.63) is 0 Å². The summed E-state index contributed by atoms with van der Waals surface area (Å²) in [5, 5.41) is 0. The molecule has 91 valence electrons. The van der Waals surface area contributed by atoms with Crippen molar-refractivity contribution in [1.82, 2.24) is 0 Å². The first-order chi connectivity index (χ1) is 7.35. The van der Waals surface area contributed by atoms with Crippen molar-refractivity contribution in [1.29, 1.82) is 0 Å². The molecule has 0 spiro atoms. The second-order valence-corrected chi connectivity index (χ2v) is 8.10. The lowest BCUT2D eigenvalue weighted by atomic mass is 10.1. The first kappa shape index (κ1) is 15.2. The highest BCUT2D eigenvalue weighted by Gasteiger charge is 2.04. The Morgan fingerprint density at radius 3 is 1.53 bits per heavy atom. The fourth-order valence-electron chi connectivity index (χ4n) is 2.11. The Kier molecular flexibility index (Phi) is 12.5. The lowest BCUT2D eigenvalue weighted by Crippen LogP contribution is -2.07. The molecule has 0 N–H and O–H groups in total. The van der Waals surface area contributed by atoms with Crippen molar-refractivity contribution >= 4 is 8.80 Å². The van der Waals surface area contributed by atoms with Crippen LogP contribution in [0.5, 0.6) is 0 Å². The van der Waals surface area contributed by atoms with E-state index in [4.69, 9.17) is 0 Å². The van der Waals surface area contributed by atoms with Crippen LogP contribution < -0.4 is 0 Å². The van der Waals surface area contributed by atoms with Gasteiger partial charge in [-0.05, 0) is 0 Å². The van der Waals surface area contributed by atoms with E-state index >= 15 is 0 Å². The molecule has 0 aromatic heterocycles.